The average Bonchev–Trinajstić information content (AvgIpc) is 2.85. The van der Waals surface area contributed by atoms with Crippen molar-refractivity contribution in [1.82, 2.24) is 15.0 Å². The average molecular weight is 422 g/mol. The molecule has 0 saturated heterocycles. The summed E-state index contributed by atoms with van der Waals surface area (Å²) in [5.41, 5.74) is 5.82. The fourth-order valence-electron chi connectivity index (χ4n) is 3.73. The Morgan fingerprint density at radius 1 is 0.594 bits per heavy atom. The Balaban J connectivity index is 1.79. The Morgan fingerprint density at radius 3 is 1.53 bits per heavy atom. The molecule has 1 aromatic heterocycles. The highest BCUT2D eigenvalue weighted by atomic mass is 15.0. The Morgan fingerprint density at radius 2 is 1.06 bits per heavy atom. The second kappa shape index (κ2) is 9.44. The van der Waals surface area contributed by atoms with Crippen molar-refractivity contribution in [2.24, 2.45) is 0 Å². The maximum atomic E-state index is 4.86. The molecule has 4 aromatic rings. The topological polar surface area (TPSA) is 38.7 Å². The van der Waals surface area contributed by atoms with Crippen molar-refractivity contribution in [3.8, 4) is 34.2 Å². The lowest BCUT2D eigenvalue weighted by Gasteiger charge is -2.23. The largest absolute Gasteiger partial charge is 0.208 e. The molecule has 0 radical (unpaired) electrons. The van der Waals surface area contributed by atoms with Crippen molar-refractivity contribution < 1.29 is 0 Å². The van der Waals surface area contributed by atoms with Gasteiger partial charge in [-0.3, -0.25) is 0 Å². The van der Waals surface area contributed by atoms with E-state index in [-0.39, 0.29) is 5.41 Å². The minimum Gasteiger partial charge on any atom is -0.208 e. The molecule has 1 heterocycles. The van der Waals surface area contributed by atoms with E-state index >= 15 is 0 Å². The van der Waals surface area contributed by atoms with Gasteiger partial charge in [-0.1, -0.05) is 113 Å². The van der Waals surface area contributed by atoms with Crippen LogP contribution in [0.4, 0.5) is 0 Å². The zero-order chi connectivity index (χ0) is 22.6. The molecule has 0 fully saturated rings. The lowest BCUT2D eigenvalue weighted by Crippen LogP contribution is -2.15. The van der Waals surface area contributed by atoms with E-state index in [1.54, 1.807) is 0 Å². The summed E-state index contributed by atoms with van der Waals surface area (Å²) < 4.78 is 0. The first-order valence-electron chi connectivity index (χ1n) is 11.5. The quantitative estimate of drug-likeness (QED) is 0.310. The molecule has 162 valence electrons. The standard InChI is InChI=1S/C29H31N3/c1-5-10-21-13-15-23(16-14-21)27-30-26(22-11-8-7-9-12-22)31-28(32-27)24-17-19-25(20-18-24)29(3,4)6-2/h7-9,11-20H,5-6,10H2,1-4H3. The van der Waals surface area contributed by atoms with E-state index in [4.69, 9.17) is 15.0 Å². The summed E-state index contributed by atoms with van der Waals surface area (Å²) in [4.78, 5) is 14.5. The highest BCUT2D eigenvalue weighted by molar-refractivity contribution is 5.66. The first-order chi connectivity index (χ1) is 15.5. The second-order valence-corrected chi connectivity index (χ2v) is 8.93. The van der Waals surface area contributed by atoms with Crippen LogP contribution in [0.15, 0.2) is 78.9 Å². The van der Waals surface area contributed by atoms with E-state index in [2.05, 4.69) is 76.2 Å². The van der Waals surface area contributed by atoms with Gasteiger partial charge in [-0.25, -0.2) is 15.0 Å². The smallest absolute Gasteiger partial charge is 0.164 e. The number of hydrogen-bond donors (Lipinski definition) is 0. The molecule has 3 heteroatoms. The third kappa shape index (κ3) is 4.77. The van der Waals surface area contributed by atoms with Crippen molar-refractivity contribution in [3.63, 3.8) is 0 Å². The molecule has 0 aliphatic carbocycles. The number of rotatable bonds is 7. The molecule has 3 nitrogen and oxygen atoms in total. The van der Waals surface area contributed by atoms with Gasteiger partial charge in [0.05, 0.1) is 0 Å². The zero-order valence-corrected chi connectivity index (χ0v) is 19.5. The van der Waals surface area contributed by atoms with Crippen LogP contribution >= 0.6 is 0 Å². The lowest BCUT2D eigenvalue weighted by molar-refractivity contribution is 0.506. The Bertz CT molecular complexity index is 1160. The normalized spacial score (nSPS) is 11.5. The monoisotopic (exact) mass is 421 g/mol. The van der Waals surface area contributed by atoms with Gasteiger partial charge in [0, 0.05) is 16.7 Å². The molecule has 32 heavy (non-hydrogen) atoms. The maximum Gasteiger partial charge on any atom is 0.164 e. The molecule has 0 unspecified atom stereocenters. The third-order valence-corrected chi connectivity index (χ3v) is 6.23. The van der Waals surface area contributed by atoms with E-state index in [0.29, 0.717) is 17.5 Å². The summed E-state index contributed by atoms with van der Waals surface area (Å²) >= 11 is 0. The van der Waals surface area contributed by atoms with Gasteiger partial charge in [0.2, 0.25) is 0 Å². The summed E-state index contributed by atoms with van der Waals surface area (Å²) in [6, 6.07) is 27.4. The fourth-order valence-corrected chi connectivity index (χ4v) is 3.73. The van der Waals surface area contributed by atoms with E-state index in [9.17, 15) is 0 Å². The molecule has 0 saturated carbocycles. The highest BCUT2D eigenvalue weighted by Gasteiger charge is 2.18. The number of aryl methyl sites for hydroxylation is 1. The van der Waals surface area contributed by atoms with Gasteiger partial charge in [-0.05, 0) is 29.4 Å². The summed E-state index contributed by atoms with van der Waals surface area (Å²) in [6.07, 6.45) is 3.31. The molecule has 3 aromatic carbocycles. The molecule has 0 spiro atoms. The van der Waals surface area contributed by atoms with Crippen LogP contribution < -0.4 is 0 Å². The third-order valence-electron chi connectivity index (χ3n) is 6.23. The molecular weight excluding hydrogens is 390 g/mol. The predicted octanol–water partition coefficient (Wildman–Crippen LogP) is 7.51. The van der Waals surface area contributed by atoms with Crippen molar-refractivity contribution >= 4 is 0 Å². The molecular formula is C29H31N3. The van der Waals surface area contributed by atoms with Crippen LogP contribution in [0.3, 0.4) is 0 Å². The van der Waals surface area contributed by atoms with Gasteiger partial charge in [0.25, 0.3) is 0 Å². The van der Waals surface area contributed by atoms with Crippen molar-refractivity contribution in [2.45, 2.75) is 52.4 Å². The lowest BCUT2D eigenvalue weighted by atomic mass is 9.82. The summed E-state index contributed by atoms with van der Waals surface area (Å²) in [7, 11) is 0. The van der Waals surface area contributed by atoms with E-state index in [1.165, 1.54) is 11.1 Å². The zero-order valence-electron chi connectivity index (χ0n) is 19.5. The minimum atomic E-state index is 0.151. The SMILES string of the molecule is CCCc1ccc(-c2nc(-c3ccccc3)nc(-c3ccc(C(C)(C)CC)cc3)n2)cc1. The Kier molecular flexibility index (Phi) is 6.45. The number of nitrogens with zero attached hydrogens (tertiary/aromatic N) is 3. The second-order valence-electron chi connectivity index (χ2n) is 8.93. The molecule has 4 rings (SSSR count). The van der Waals surface area contributed by atoms with Crippen LogP contribution in [-0.4, -0.2) is 15.0 Å². The van der Waals surface area contributed by atoms with Crippen molar-refractivity contribution in [1.29, 1.82) is 0 Å². The summed E-state index contributed by atoms with van der Waals surface area (Å²) in [5, 5.41) is 0. The summed E-state index contributed by atoms with van der Waals surface area (Å²) in [5.74, 6) is 2.10. The Hall–Kier alpha value is -3.33. The van der Waals surface area contributed by atoms with Crippen LogP contribution in [0.1, 0.15) is 51.7 Å². The molecule has 0 atom stereocenters. The first kappa shape index (κ1) is 21.9. The van der Waals surface area contributed by atoms with Crippen LogP contribution in [0.25, 0.3) is 34.2 Å². The van der Waals surface area contributed by atoms with Crippen LogP contribution in [0.2, 0.25) is 0 Å². The number of hydrogen-bond acceptors (Lipinski definition) is 3. The summed E-state index contributed by atoms with van der Waals surface area (Å²) in [6.45, 7) is 8.98. The van der Waals surface area contributed by atoms with Crippen molar-refractivity contribution in [2.75, 3.05) is 0 Å². The molecule has 0 bridgehead atoms. The van der Waals surface area contributed by atoms with Gasteiger partial charge in [-0.15, -0.1) is 0 Å². The molecule has 0 amide bonds. The van der Waals surface area contributed by atoms with Crippen LogP contribution in [0.5, 0.6) is 0 Å². The van der Waals surface area contributed by atoms with E-state index in [1.807, 2.05) is 30.3 Å². The first-order valence-corrected chi connectivity index (χ1v) is 11.5. The van der Waals surface area contributed by atoms with E-state index in [0.717, 1.165) is 36.0 Å². The van der Waals surface area contributed by atoms with Crippen LogP contribution in [0, 0.1) is 0 Å². The minimum absolute atomic E-state index is 0.151. The maximum absolute atomic E-state index is 4.86. The van der Waals surface area contributed by atoms with Gasteiger partial charge >= 0.3 is 0 Å². The van der Waals surface area contributed by atoms with Crippen LogP contribution in [-0.2, 0) is 11.8 Å². The highest BCUT2D eigenvalue weighted by Crippen LogP contribution is 2.29. The molecule has 0 N–H and O–H groups in total. The molecule has 0 aliphatic heterocycles. The Labute approximate surface area is 191 Å². The fraction of sp³-hybridized carbons (Fsp3) is 0.276. The van der Waals surface area contributed by atoms with Crippen molar-refractivity contribution in [3.05, 3.63) is 90.0 Å². The molecule has 0 aliphatic rings. The predicted molar refractivity (Wildman–Crippen MR) is 133 cm³/mol. The van der Waals surface area contributed by atoms with Gasteiger partial charge < -0.3 is 0 Å². The van der Waals surface area contributed by atoms with E-state index < -0.39 is 0 Å². The van der Waals surface area contributed by atoms with Gasteiger partial charge in [0.15, 0.2) is 17.5 Å². The number of benzene rings is 3. The van der Waals surface area contributed by atoms with Gasteiger partial charge in [-0.2, -0.15) is 0 Å². The number of aromatic nitrogens is 3. The van der Waals surface area contributed by atoms with Gasteiger partial charge in [0.1, 0.15) is 0 Å².